The number of hydrogen-bond acceptors (Lipinski definition) is 3. The SMILES string of the molecule is NC(=O)CCN(c1cccnc1)S(=O)O. The predicted octanol–water partition coefficient (Wildman–Crippen LogP) is -0.0999. The van der Waals surface area contributed by atoms with Gasteiger partial charge in [-0.25, -0.2) is 4.21 Å². The molecule has 0 aliphatic carbocycles. The molecule has 0 saturated heterocycles. The fourth-order valence-electron chi connectivity index (χ4n) is 1.01. The molecule has 15 heavy (non-hydrogen) atoms. The number of carbonyl (C=O) groups is 1. The third-order valence-electron chi connectivity index (χ3n) is 1.68. The van der Waals surface area contributed by atoms with Crippen LogP contribution in [0.25, 0.3) is 0 Å². The number of amides is 1. The van der Waals surface area contributed by atoms with Gasteiger partial charge in [0.2, 0.25) is 5.91 Å². The van der Waals surface area contributed by atoms with Crippen LogP contribution in [0.2, 0.25) is 0 Å². The van der Waals surface area contributed by atoms with Crippen molar-refractivity contribution in [3.8, 4) is 0 Å². The molecule has 0 aromatic carbocycles. The Kier molecular flexibility index (Phi) is 4.19. The van der Waals surface area contributed by atoms with Crippen LogP contribution in [0.1, 0.15) is 6.42 Å². The zero-order chi connectivity index (χ0) is 11.3. The quantitative estimate of drug-likeness (QED) is 0.689. The van der Waals surface area contributed by atoms with Crippen molar-refractivity contribution in [3.05, 3.63) is 24.5 Å². The lowest BCUT2D eigenvalue weighted by Crippen LogP contribution is -2.29. The second kappa shape index (κ2) is 5.42. The molecule has 82 valence electrons. The monoisotopic (exact) mass is 229 g/mol. The fourth-order valence-corrected chi connectivity index (χ4v) is 1.55. The van der Waals surface area contributed by atoms with Crippen LogP contribution in [-0.2, 0) is 16.1 Å². The van der Waals surface area contributed by atoms with E-state index in [1.165, 1.54) is 6.20 Å². The van der Waals surface area contributed by atoms with Gasteiger partial charge in [-0.05, 0) is 12.1 Å². The van der Waals surface area contributed by atoms with Crippen LogP contribution < -0.4 is 10.0 Å². The third-order valence-corrected chi connectivity index (χ3v) is 2.45. The van der Waals surface area contributed by atoms with E-state index < -0.39 is 17.2 Å². The van der Waals surface area contributed by atoms with E-state index >= 15 is 0 Å². The first kappa shape index (κ1) is 11.6. The maximum atomic E-state index is 11.0. The maximum Gasteiger partial charge on any atom is 0.261 e. The number of nitrogens with zero attached hydrogens (tertiary/aromatic N) is 2. The summed E-state index contributed by atoms with van der Waals surface area (Å²) in [4.78, 5) is 14.4. The number of nitrogens with two attached hydrogens (primary N) is 1. The molecule has 0 spiro atoms. The molecule has 1 amide bonds. The number of primary amides is 1. The largest absolute Gasteiger partial charge is 0.370 e. The number of aromatic nitrogens is 1. The van der Waals surface area contributed by atoms with Gasteiger partial charge in [0.25, 0.3) is 11.3 Å². The van der Waals surface area contributed by atoms with E-state index in [-0.39, 0.29) is 13.0 Å². The van der Waals surface area contributed by atoms with Gasteiger partial charge in [-0.15, -0.1) is 0 Å². The highest BCUT2D eigenvalue weighted by Crippen LogP contribution is 2.13. The smallest absolute Gasteiger partial charge is 0.261 e. The number of hydrogen-bond donors (Lipinski definition) is 2. The molecule has 0 radical (unpaired) electrons. The van der Waals surface area contributed by atoms with E-state index in [0.717, 1.165) is 4.31 Å². The molecule has 1 heterocycles. The zero-order valence-corrected chi connectivity index (χ0v) is 8.68. The van der Waals surface area contributed by atoms with Crippen molar-refractivity contribution in [1.29, 1.82) is 0 Å². The van der Waals surface area contributed by atoms with Gasteiger partial charge in [0.15, 0.2) is 0 Å². The van der Waals surface area contributed by atoms with Crippen LogP contribution in [0.4, 0.5) is 5.69 Å². The molecule has 1 rings (SSSR count). The molecule has 7 heteroatoms. The number of pyridine rings is 1. The summed E-state index contributed by atoms with van der Waals surface area (Å²) in [6.45, 7) is 0.0874. The molecule has 0 saturated carbocycles. The summed E-state index contributed by atoms with van der Waals surface area (Å²) >= 11 is -2.19. The summed E-state index contributed by atoms with van der Waals surface area (Å²) in [7, 11) is 0. The van der Waals surface area contributed by atoms with Gasteiger partial charge in [0.05, 0.1) is 11.9 Å². The molecular formula is C8H11N3O3S. The Morgan fingerprint density at radius 1 is 1.67 bits per heavy atom. The normalized spacial score (nSPS) is 12.1. The Balaban J connectivity index is 2.75. The fraction of sp³-hybridized carbons (Fsp3) is 0.250. The molecule has 1 atom stereocenters. The summed E-state index contributed by atoms with van der Waals surface area (Å²) in [5, 5.41) is 0. The third kappa shape index (κ3) is 3.64. The standard InChI is InChI=1S/C8H11N3O3S/c9-8(12)3-5-11(15(13)14)7-2-1-4-10-6-7/h1-2,4,6H,3,5H2,(H2,9,12)(H,13,14). The lowest BCUT2D eigenvalue weighted by molar-refractivity contribution is -0.117. The molecule has 6 nitrogen and oxygen atoms in total. The second-order valence-electron chi connectivity index (χ2n) is 2.76. The van der Waals surface area contributed by atoms with Gasteiger partial charge < -0.3 is 5.73 Å². The van der Waals surface area contributed by atoms with Gasteiger partial charge in [-0.2, -0.15) is 0 Å². The van der Waals surface area contributed by atoms with Gasteiger partial charge in [-0.3, -0.25) is 18.6 Å². The molecule has 1 unspecified atom stereocenters. The maximum absolute atomic E-state index is 11.0. The number of carbonyl (C=O) groups excluding carboxylic acids is 1. The molecular weight excluding hydrogens is 218 g/mol. The molecule has 0 aliphatic heterocycles. The Hall–Kier alpha value is -1.47. The van der Waals surface area contributed by atoms with Crippen LogP contribution in [-0.4, -0.2) is 26.2 Å². The minimum atomic E-state index is -2.19. The van der Waals surface area contributed by atoms with Crippen molar-refractivity contribution >= 4 is 22.9 Å². The lowest BCUT2D eigenvalue weighted by Gasteiger charge is -2.18. The Labute approximate surface area is 89.5 Å². The highest BCUT2D eigenvalue weighted by atomic mass is 32.2. The minimum Gasteiger partial charge on any atom is -0.370 e. The Morgan fingerprint density at radius 3 is 2.87 bits per heavy atom. The molecule has 3 N–H and O–H groups in total. The summed E-state index contributed by atoms with van der Waals surface area (Å²) < 4.78 is 21.1. The van der Waals surface area contributed by atoms with E-state index in [0.29, 0.717) is 5.69 Å². The number of rotatable bonds is 5. The summed E-state index contributed by atoms with van der Waals surface area (Å²) in [5.74, 6) is -0.519. The van der Waals surface area contributed by atoms with Crippen molar-refractivity contribution in [2.45, 2.75) is 6.42 Å². The zero-order valence-electron chi connectivity index (χ0n) is 7.87. The first-order valence-corrected chi connectivity index (χ1v) is 5.24. The van der Waals surface area contributed by atoms with Crippen LogP contribution in [0.3, 0.4) is 0 Å². The molecule has 1 aromatic rings. The summed E-state index contributed by atoms with van der Waals surface area (Å²) in [6, 6.07) is 3.27. The van der Waals surface area contributed by atoms with Gasteiger partial charge in [0.1, 0.15) is 0 Å². The van der Waals surface area contributed by atoms with Crippen molar-refractivity contribution in [2.24, 2.45) is 5.73 Å². The van der Waals surface area contributed by atoms with Crippen LogP contribution >= 0.6 is 0 Å². The van der Waals surface area contributed by atoms with Gasteiger partial charge >= 0.3 is 0 Å². The van der Waals surface area contributed by atoms with Gasteiger partial charge in [0, 0.05) is 19.2 Å². The van der Waals surface area contributed by atoms with E-state index in [1.54, 1.807) is 18.3 Å². The van der Waals surface area contributed by atoms with Crippen molar-refractivity contribution < 1.29 is 13.6 Å². The van der Waals surface area contributed by atoms with Crippen LogP contribution in [0, 0.1) is 0 Å². The van der Waals surface area contributed by atoms with Crippen LogP contribution in [0.15, 0.2) is 24.5 Å². The Morgan fingerprint density at radius 2 is 2.40 bits per heavy atom. The first-order valence-electron chi connectivity index (χ1n) is 4.18. The number of anilines is 1. The van der Waals surface area contributed by atoms with Crippen molar-refractivity contribution in [3.63, 3.8) is 0 Å². The van der Waals surface area contributed by atoms with Gasteiger partial charge in [-0.1, -0.05) is 0 Å². The Bertz CT molecular complexity index is 357. The minimum absolute atomic E-state index is 0.0151. The summed E-state index contributed by atoms with van der Waals surface area (Å²) in [6.07, 6.45) is 3.01. The average molecular weight is 229 g/mol. The van der Waals surface area contributed by atoms with E-state index in [4.69, 9.17) is 10.3 Å². The van der Waals surface area contributed by atoms with E-state index in [9.17, 15) is 9.00 Å². The van der Waals surface area contributed by atoms with E-state index in [1.807, 2.05) is 0 Å². The molecule has 0 aliphatic rings. The second-order valence-corrected chi connectivity index (χ2v) is 3.66. The predicted molar refractivity (Wildman–Crippen MR) is 56.2 cm³/mol. The average Bonchev–Trinajstić information content (AvgIpc) is 2.18. The molecule has 0 bridgehead atoms. The topological polar surface area (TPSA) is 96.5 Å². The van der Waals surface area contributed by atoms with E-state index in [2.05, 4.69) is 4.98 Å². The van der Waals surface area contributed by atoms with Crippen molar-refractivity contribution in [2.75, 3.05) is 10.8 Å². The molecule has 0 fully saturated rings. The lowest BCUT2D eigenvalue weighted by atomic mass is 10.3. The highest BCUT2D eigenvalue weighted by Gasteiger charge is 2.12. The first-order chi connectivity index (χ1) is 7.11. The highest BCUT2D eigenvalue weighted by molar-refractivity contribution is 7.80. The summed E-state index contributed by atoms with van der Waals surface area (Å²) in [5.41, 5.74) is 5.43. The van der Waals surface area contributed by atoms with Crippen LogP contribution in [0.5, 0.6) is 0 Å². The van der Waals surface area contributed by atoms with Crippen molar-refractivity contribution in [1.82, 2.24) is 4.98 Å². The molecule has 1 aromatic heterocycles.